The molecule has 1 aromatic rings. The van der Waals surface area contributed by atoms with Crippen LogP contribution in [0.2, 0.25) is 0 Å². The number of hydrogen-bond donors (Lipinski definition) is 1. The quantitative estimate of drug-likeness (QED) is 0.818. The van der Waals surface area contributed by atoms with E-state index in [1.807, 2.05) is 0 Å². The summed E-state index contributed by atoms with van der Waals surface area (Å²) in [7, 11) is 0. The minimum atomic E-state index is -0.900. The first-order chi connectivity index (χ1) is 7.75. The van der Waals surface area contributed by atoms with Crippen molar-refractivity contribution in [2.75, 3.05) is 0 Å². The minimum Gasteiger partial charge on any atom is -0.478 e. The van der Waals surface area contributed by atoms with Crippen LogP contribution in [0.15, 0.2) is 35.5 Å². The van der Waals surface area contributed by atoms with E-state index in [9.17, 15) is 4.79 Å². The highest BCUT2D eigenvalue weighted by molar-refractivity contribution is 8.00. The van der Waals surface area contributed by atoms with Gasteiger partial charge < -0.3 is 5.11 Å². The Kier molecular flexibility index (Phi) is 3.62. The van der Waals surface area contributed by atoms with Gasteiger partial charge in [0.1, 0.15) is 0 Å². The Bertz CT molecular complexity index is 417. The molecular formula is C12H13NO2S. The van der Waals surface area contributed by atoms with Gasteiger partial charge in [-0.05, 0) is 31.4 Å². The van der Waals surface area contributed by atoms with Gasteiger partial charge in [-0.1, -0.05) is 23.9 Å². The van der Waals surface area contributed by atoms with Gasteiger partial charge in [-0.2, -0.15) is 0 Å². The van der Waals surface area contributed by atoms with Crippen molar-refractivity contribution in [3.8, 4) is 0 Å². The van der Waals surface area contributed by atoms with Crippen LogP contribution in [-0.2, 0) is 0 Å². The van der Waals surface area contributed by atoms with Gasteiger partial charge in [0.05, 0.1) is 10.6 Å². The van der Waals surface area contributed by atoms with Crippen LogP contribution >= 0.6 is 11.8 Å². The van der Waals surface area contributed by atoms with Gasteiger partial charge in [-0.3, -0.25) is 0 Å². The molecule has 0 saturated heterocycles. The Morgan fingerprint density at radius 1 is 1.56 bits per heavy atom. The van der Waals surface area contributed by atoms with Crippen LogP contribution in [0, 0.1) is 0 Å². The summed E-state index contributed by atoms with van der Waals surface area (Å²) in [6, 6.07) is 3.15. The molecule has 0 amide bonds. The number of nitrogens with zero attached hydrogens (tertiary/aromatic N) is 1. The van der Waals surface area contributed by atoms with Crippen LogP contribution in [-0.4, -0.2) is 21.3 Å². The lowest BCUT2D eigenvalue weighted by atomic mass is 10.1. The van der Waals surface area contributed by atoms with Crippen LogP contribution in [0.3, 0.4) is 0 Å². The lowest BCUT2D eigenvalue weighted by Gasteiger charge is -2.14. The summed E-state index contributed by atoms with van der Waals surface area (Å²) >= 11 is 1.63. The normalized spacial score (nSPS) is 19.6. The molecule has 1 aromatic heterocycles. The first-order valence-electron chi connectivity index (χ1n) is 5.28. The predicted molar refractivity (Wildman–Crippen MR) is 63.8 cm³/mol. The number of allylic oxidation sites excluding steroid dienone is 1. The number of aromatic carboxylic acids is 1. The van der Waals surface area contributed by atoms with Crippen molar-refractivity contribution in [2.24, 2.45) is 0 Å². The SMILES string of the molecule is O=C(O)c1ccnc(SC2C=CCCC2)c1. The Labute approximate surface area is 98.6 Å². The molecule has 0 bridgehead atoms. The fourth-order valence-electron chi connectivity index (χ4n) is 1.64. The third kappa shape index (κ3) is 2.85. The number of thioether (sulfide) groups is 1. The fraction of sp³-hybridized carbons (Fsp3) is 0.333. The van der Waals surface area contributed by atoms with Crippen molar-refractivity contribution >= 4 is 17.7 Å². The van der Waals surface area contributed by atoms with Gasteiger partial charge in [0.2, 0.25) is 0 Å². The monoisotopic (exact) mass is 235 g/mol. The molecule has 0 saturated carbocycles. The maximum atomic E-state index is 10.8. The van der Waals surface area contributed by atoms with E-state index < -0.39 is 5.97 Å². The molecule has 2 rings (SSSR count). The van der Waals surface area contributed by atoms with Crippen molar-refractivity contribution in [2.45, 2.75) is 29.5 Å². The highest BCUT2D eigenvalue weighted by atomic mass is 32.2. The molecule has 0 spiro atoms. The molecule has 1 atom stereocenters. The van der Waals surface area contributed by atoms with Crippen LogP contribution in [0.4, 0.5) is 0 Å². The first kappa shape index (κ1) is 11.2. The Hall–Kier alpha value is -1.29. The second kappa shape index (κ2) is 5.16. The summed E-state index contributed by atoms with van der Waals surface area (Å²) in [4.78, 5) is 15.0. The number of carboxylic acids is 1. The summed E-state index contributed by atoms with van der Waals surface area (Å²) in [6.07, 6.45) is 9.41. The van der Waals surface area contributed by atoms with Crippen LogP contribution < -0.4 is 0 Å². The molecule has 0 radical (unpaired) electrons. The Balaban J connectivity index is 2.08. The summed E-state index contributed by atoms with van der Waals surface area (Å²) in [5.41, 5.74) is 0.303. The Morgan fingerprint density at radius 2 is 2.44 bits per heavy atom. The second-order valence-electron chi connectivity index (χ2n) is 3.70. The maximum absolute atomic E-state index is 10.8. The van der Waals surface area contributed by atoms with Gasteiger partial charge >= 0.3 is 5.97 Å². The Morgan fingerprint density at radius 3 is 3.12 bits per heavy atom. The highest BCUT2D eigenvalue weighted by Crippen LogP contribution is 2.28. The summed E-state index contributed by atoms with van der Waals surface area (Å²) in [5, 5.41) is 10.1. The number of hydrogen-bond acceptors (Lipinski definition) is 3. The summed E-state index contributed by atoms with van der Waals surface area (Å²) < 4.78 is 0. The lowest BCUT2D eigenvalue weighted by Crippen LogP contribution is -2.03. The van der Waals surface area contributed by atoms with Crippen molar-refractivity contribution in [1.82, 2.24) is 4.98 Å². The van der Waals surface area contributed by atoms with Crippen LogP contribution in [0.1, 0.15) is 29.6 Å². The van der Waals surface area contributed by atoms with Gasteiger partial charge in [0, 0.05) is 11.4 Å². The number of carbonyl (C=O) groups is 1. The predicted octanol–water partition coefficient (Wildman–Crippen LogP) is 2.98. The maximum Gasteiger partial charge on any atom is 0.335 e. The fourth-order valence-corrected chi connectivity index (χ4v) is 2.74. The van der Waals surface area contributed by atoms with Crippen LogP contribution in [0.25, 0.3) is 0 Å². The summed E-state index contributed by atoms with van der Waals surface area (Å²) in [5.74, 6) is -0.900. The van der Waals surface area contributed by atoms with E-state index >= 15 is 0 Å². The third-order valence-corrected chi connectivity index (χ3v) is 3.62. The van der Waals surface area contributed by atoms with Crippen LogP contribution in [0.5, 0.6) is 0 Å². The zero-order valence-corrected chi connectivity index (χ0v) is 9.61. The molecule has 4 heteroatoms. The minimum absolute atomic E-state index is 0.303. The summed E-state index contributed by atoms with van der Waals surface area (Å²) in [6.45, 7) is 0. The number of rotatable bonds is 3. The van der Waals surface area contributed by atoms with E-state index in [0.29, 0.717) is 10.8 Å². The topological polar surface area (TPSA) is 50.2 Å². The lowest BCUT2D eigenvalue weighted by molar-refractivity contribution is 0.0696. The largest absolute Gasteiger partial charge is 0.478 e. The molecule has 1 unspecified atom stereocenters. The molecule has 1 heterocycles. The number of aromatic nitrogens is 1. The molecule has 0 fully saturated rings. The van der Waals surface area contributed by atoms with E-state index in [1.165, 1.54) is 12.5 Å². The van der Waals surface area contributed by atoms with Crippen molar-refractivity contribution < 1.29 is 9.90 Å². The van der Waals surface area contributed by atoms with E-state index in [-0.39, 0.29) is 0 Å². The molecule has 16 heavy (non-hydrogen) atoms. The molecular weight excluding hydrogens is 222 g/mol. The zero-order valence-electron chi connectivity index (χ0n) is 8.80. The van der Waals surface area contributed by atoms with Gasteiger partial charge in [-0.25, -0.2) is 9.78 Å². The first-order valence-corrected chi connectivity index (χ1v) is 6.16. The molecule has 0 aromatic carbocycles. The van der Waals surface area contributed by atoms with E-state index in [1.54, 1.807) is 24.0 Å². The molecule has 0 aliphatic heterocycles. The highest BCUT2D eigenvalue weighted by Gasteiger charge is 2.12. The van der Waals surface area contributed by atoms with Crippen molar-refractivity contribution in [1.29, 1.82) is 0 Å². The van der Waals surface area contributed by atoms with Crippen molar-refractivity contribution in [3.05, 3.63) is 36.0 Å². The smallest absolute Gasteiger partial charge is 0.335 e. The third-order valence-electron chi connectivity index (χ3n) is 2.46. The van der Waals surface area contributed by atoms with Gasteiger partial charge in [0.15, 0.2) is 0 Å². The molecule has 84 valence electrons. The average Bonchev–Trinajstić information content (AvgIpc) is 2.30. The van der Waals surface area contributed by atoms with E-state index in [0.717, 1.165) is 17.9 Å². The zero-order chi connectivity index (χ0) is 11.4. The second-order valence-corrected chi connectivity index (χ2v) is 4.96. The molecule has 1 aliphatic carbocycles. The van der Waals surface area contributed by atoms with Crippen molar-refractivity contribution in [3.63, 3.8) is 0 Å². The van der Waals surface area contributed by atoms with Gasteiger partial charge in [-0.15, -0.1) is 0 Å². The standard InChI is InChI=1S/C12H13NO2S/c14-12(15)9-6-7-13-11(8-9)16-10-4-2-1-3-5-10/h2,4,6-8,10H,1,3,5H2,(H,14,15). The van der Waals surface area contributed by atoms with E-state index in [4.69, 9.17) is 5.11 Å². The molecule has 3 nitrogen and oxygen atoms in total. The average molecular weight is 235 g/mol. The molecule has 1 N–H and O–H groups in total. The number of pyridine rings is 1. The number of carboxylic acid groups (broad SMARTS) is 1. The van der Waals surface area contributed by atoms with Gasteiger partial charge in [0.25, 0.3) is 0 Å². The molecule has 1 aliphatic rings. The van der Waals surface area contributed by atoms with E-state index in [2.05, 4.69) is 17.1 Å².